The molecule has 0 spiro atoms. The molecule has 0 unspecified atom stereocenters. The van der Waals surface area contributed by atoms with E-state index in [4.69, 9.17) is 9.84 Å². The van der Waals surface area contributed by atoms with Gasteiger partial charge in [0.25, 0.3) is 0 Å². The Morgan fingerprint density at radius 3 is 2.89 bits per heavy atom. The topological polar surface area (TPSA) is 62.7 Å². The number of nitrogens with zero attached hydrogens (tertiary/aromatic N) is 2. The molecule has 5 nitrogen and oxygen atoms in total. The van der Waals surface area contributed by atoms with Crippen LogP contribution < -0.4 is 4.90 Å². The molecule has 0 aromatic carbocycles. The third kappa shape index (κ3) is 3.70. The second-order valence-electron chi connectivity index (χ2n) is 3.93. The van der Waals surface area contributed by atoms with Gasteiger partial charge in [-0.3, -0.25) is 0 Å². The number of aliphatic hydroxyl groups excluding tert-OH is 1. The molecule has 0 radical (unpaired) electrons. The van der Waals surface area contributed by atoms with E-state index in [2.05, 4.69) is 11.9 Å². The van der Waals surface area contributed by atoms with Crippen molar-refractivity contribution >= 4 is 11.8 Å². The highest BCUT2D eigenvalue weighted by Crippen LogP contribution is 2.18. The van der Waals surface area contributed by atoms with E-state index in [-0.39, 0.29) is 6.61 Å². The molecular weight excluding hydrogens is 232 g/mol. The lowest BCUT2D eigenvalue weighted by Crippen LogP contribution is -2.30. The van der Waals surface area contributed by atoms with Crippen LogP contribution in [0.25, 0.3) is 0 Å². The Kier molecular flexibility index (Phi) is 6.14. The van der Waals surface area contributed by atoms with Gasteiger partial charge in [-0.15, -0.1) is 0 Å². The lowest BCUT2D eigenvalue weighted by Gasteiger charge is -2.24. The van der Waals surface area contributed by atoms with E-state index in [0.29, 0.717) is 17.9 Å². The molecule has 100 valence electrons. The number of anilines is 1. The van der Waals surface area contributed by atoms with Crippen LogP contribution in [0.15, 0.2) is 18.3 Å². The Hall–Kier alpha value is -1.62. The molecule has 0 aliphatic rings. The van der Waals surface area contributed by atoms with Gasteiger partial charge in [-0.25, -0.2) is 9.78 Å². The van der Waals surface area contributed by atoms with Crippen molar-refractivity contribution < 1.29 is 14.6 Å². The summed E-state index contributed by atoms with van der Waals surface area (Å²) in [6.45, 7) is 3.34. The van der Waals surface area contributed by atoms with E-state index in [0.717, 1.165) is 19.4 Å². The maximum atomic E-state index is 11.7. The molecule has 1 heterocycles. The molecule has 1 rings (SSSR count). The van der Waals surface area contributed by atoms with Crippen molar-refractivity contribution in [2.75, 3.05) is 31.7 Å². The maximum absolute atomic E-state index is 11.7. The van der Waals surface area contributed by atoms with Gasteiger partial charge in [0, 0.05) is 19.3 Å². The zero-order valence-electron chi connectivity index (χ0n) is 10.9. The number of methoxy groups -OCH3 is 1. The predicted octanol–water partition coefficient (Wildman–Crippen LogP) is 1.47. The highest BCUT2D eigenvalue weighted by Gasteiger charge is 2.17. The lowest BCUT2D eigenvalue weighted by atomic mass is 10.2. The number of hydrogen-bond acceptors (Lipinski definition) is 5. The Morgan fingerprint density at radius 1 is 1.50 bits per heavy atom. The number of unbranched alkanes of at least 4 members (excludes halogenated alkanes) is 1. The Balaban J connectivity index is 2.98. The number of carbonyl (C=O) groups is 1. The summed E-state index contributed by atoms with van der Waals surface area (Å²) >= 11 is 0. The number of rotatable bonds is 7. The van der Waals surface area contributed by atoms with Crippen LogP contribution in [0.2, 0.25) is 0 Å². The molecule has 1 aromatic rings. The average molecular weight is 252 g/mol. The number of ether oxygens (including phenoxy) is 1. The summed E-state index contributed by atoms with van der Waals surface area (Å²) in [5.41, 5.74) is 0.435. The average Bonchev–Trinajstić information content (AvgIpc) is 2.42. The highest BCUT2D eigenvalue weighted by atomic mass is 16.5. The van der Waals surface area contributed by atoms with E-state index in [1.165, 1.54) is 7.11 Å². The van der Waals surface area contributed by atoms with Crippen LogP contribution in [0.3, 0.4) is 0 Å². The van der Waals surface area contributed by atoms with Crippen LogP contribution in [0.1, 0.15) is 30.1 Å². The standard InChI is InChI=1S/C13H20N2O3/c1-3-4-8-15(9-10-16)12-11(13(17)18-2)6-5-7-14-12/h5-7,16H,3-4,8-10H2,1-2H3. The van der Waals surface area contributed by atoms with Crippen LogP contribution in [0.5, 0.6) is 0 Å². The molecule has 18 heavy (non-hydrogen) atoms. The van der Waals surface area contributed by atoms with Gasteiger partial charge in [0.05, 0.1) is 13.7 Å². The number of aliphatic hydroxyl groups is 1. The minimum absolute atomic E-state index is 0.0287. The SMILES string of the molecule is CCCCN(CCO)c1ncccc1C(=O)OC. The summed E-state index contributed by atoms with van der Waals surface area (Å²) in [7, 11) is 1.35. The molecule has 0 fully saturated rings. The van der Waals surface area contributed by atoms with Crippen LogP contribution in [-0.4, -0.2) is 42.9 Å². The van der Waals surface area contributed by atoms with E-state index in [9.17, 15) is 4.79 Å². The normalized spacial score (nSPS) is 10.2. The van der Waals surface area contributed by atoms with Crippen molar-refractivity contribution in [3.8, 4) is 0 Å². The fraction of sp³-hybridized carbons (Fsp3) is 0.538. The highest BCUT2D eigenvalue weighted by molar-refractivity contribution is 5.94. The van der Waals surface area contributed by atoms with Crippen LogP contribution in [0.4, 0.5) is 5.82 Å². The van der Waals surface area contributed by atoms with Crippen molar-refractivity contribution in [2.45, 2.75) is 19.8 Å². The molecule has 1 N–H and O–H groups in total. The van der Waals surface area contributed by atoms with Gasteiger partial charge in [-0.05, 0) is 18.6 Å². The second kappa shape index (κ2) is 7.66. The number of esters is 1. The second-order valence-corrected chi connectivity index (χ2v) is 3.93. The van der Waals surface area contributed by atoms with Gasteiger partial charge < -0.3 is 14.7 Å². The smallest absolute Gasteiger partial charge is 0.341 e. The molecule has 0 atom stereocenters. The first-order valence-corrected chi connectivity index (χ1v) is 6.13. The minimum Gasteiger partial charge on any atom is -0.465 e. The lowest BCUT2D eigenvalue weighted by molar-refractivity contribution is 0.0601. The molecule has 0 bridgehead atoms. The fourth-order valence-corrected chi connectivity index (χ4v) is 1.71. The molecule has 0 saturated heterocycles. The minimum atomic E-state index is -0.405. The number of carbonyl (C=O) groups excluding carboxylic acids is 1. The molecule has 0 saturated carbocycles. The summed E-state index contributed by atoms with van der Waals surface area (Å²) < 4.78 is 4.74. The van der Waals surface area contributed by atoms with Crippen LogP contribution in [-0.2, 0) is 4.74 Å². The fourth-order valence-electron chi connectivity index (χ4n) is 1.71. The van der Waals surface area contributed by atoms with Crippen molar-refractivity contribution in [1.29, 1.82) is 0 Å². The zero-order valence-corrected chi connectivity index (χ0v) is 10.9. The largest absolute Gasteiger partial charge is 0.465 e. The van der Waals surface area contributed by atoms with E-state index >= 15 is 0 Å². The third-order valence-corrected chi connectivity index (χ3v) is 2.64. The molecule has 1 aromatic heterocycles. The Morgan fingerprint density at radius 2 is 2.28 bits per heavy atom. The van der Waals surface area contributed by atoms with E-state index in [1.54, 1.807) is 18.3 Å². The molecule has 5 heteroatoms. The number of pyridine rings is 1. The first-order chi connectivity index (χ1) is 8.74. The van der Waals surface area contributed by atoms with Gasteiger partial charge >= 0.3 is 5.97 Å². The summed E-state index contributed by atoms with van der Waals surface area (Å²) in [4.78, 5) is 17.8. The first-order valence-electron chi connectivity index (χ1n) is 6.13. The Bertz CT molecular complexity index is 382. The number of hydrogen-bond donors (Lipinski definition) is 1. The van der Waals surface area contributed by atoms with Gasteiger partial charge in [0.1, 0.15) is 11.4 Å². The molecule has 0 aliphatic carbocycles. The van der Waals surface area contributed by atoms with Crippen molar-refractivity contribution in [3.63, 3.8) is 0 Å². The van der Waals surface area contributed by atoms with Gasteiger partial charge in [0.2, 0.25) is 0 Å². The van der Waals surface area contributed by atoms with E-state index in [1.807, 2.05) is 4.90 Å². The Labute approximate surface area is 107 Å². The van der Waals surface area contributed by atoms with Crippen molar-refractivity contribution in [1.82, 2.24) is 4.98 Å². The number of aromatic nitrogens is 1. The molecule has 0 aliphatic heterocycles. The monoisotopic (exact) mass is 252 g/mol. The molecule has 0 amide bonds. The molecular formula is C13H20N2O3. The quantitative estimate of drug-likeness (QED) is 0.744. The summed E-state index contributed by atoms with van der Waals surface area (Å²) in [5.74, 6) is 0.171. The van der Waals surface area contributed by atoms with Gasteiger partial charge in [-0.1, -0.05) is 13.3 Å². The maximum Gasteiger partial charge on any atom is 0.341 e. The van der Waals surface area contributed by atoms with E-state index < -0.39 is 5.97 Å². The first kappa shape index (κ1) is 14.4. The summed E-state index contributed by atoms with van der Waals surface area (Å²) in [5, 5.41) is 9.10. The van der Waals surface area contributed by atoms with Crippen LogP contribution in [0, 0.1) is 0 Å². The predicted molar refractivity (Wildman–Crippen MR) is 69.8 cm³/mol. The zero-order chi connectivity index (χ0) is 13.4. The third-order valence-electron chi connectivity index (χ3n) is 2.64. The van der Waals surface area contributed by atoms with Gasteiger partial charge in [0.15, 0.2) is 0 Å². The summed E-state index contributed by atoms with van der Waals surface area (Å²) in [6.07, 6.45) is 3.66. The van der Waals surface area contributed by atoms with Crippen LogP contribution >= 0.6 is 0 Å². The van der Waals surface area contributed by atoms with Crippen molar-refractivity contribution in [3.05, 3.63) is 23.9 Å². The summed E-state index contributed by atoms with van der Waals surface area (Å²) in [6, 6.07) is 3.39. The van der Waals surface area contributed by atoms with Crippen molar-refractivity contribution in [2.24, 2.45) is 0 Å². The van der Waals surface area contributed by atoms with Gasteiger partial charge in [-0.2, -0.15) is 0 Å².